The van der Waals surface area contributed by atoms with E-state index in [1.807, 2.05) is 60.5 Å². The van der Waals surface area contributed by atoms with Crippen LogP contribution in [0.25, 0.3) is 11.1 Å². The number of para-hydroxylation sites is 2. The Kier molecular flexibility index (Phi) is 7.77. The third kappa shape index (κ3) is 5.90. The summed E-state index contributed by atoms with van der Waals surface area (Å²) in [7, 11) is 1.90. The standard InChI is InChI=1S/C30H33N3O5/c1-32(30-31-25-9-5-6-10-27(25)38-30)17-18-37-24-13-11-21(12-14-24)19-26(29(35)36)33-16-15-23(20-33)28(34)22-7-3-2-4-8-22/h5-6,9-16,20,22,26H,2-4,7-8,17-19H2,1H3,(H,35,36). The number of nitrogens with zero attached hydrogens (tertiary/aromatic N) is 3. The van der Waals surface area contributed by atoms with Gasteiger partial charge in [-0.25, -0.2) is 4.79 Å². The van der Waals surface area contributed by atoms with E-state index in [1.54, 1.807) is 23.0 Å². The van der Waals surface area contributed by atoms with Crippen molar-refractivity contribution in [1.82, 2.24) is 9.55 Å². The summed E-state index contributed by atoms with van der Waals surface area (Å²) in [5.74, 6) is -0.0335. The van der Waals surface area contributed by atoms with Gasteiger partial charge in [-0.05, 0) is 48.7 Å². The van der Waals surface area contributed by atoms with Gasteiger partial charge in [0.05, 0.1) is 6.54 Å². The van der Waals surface area contributed by atoms with E-state index < -0.39 is 12.0 Å². The van der Waals surface area contributed by atoms with Gasteiger partial charge in [0.25, 0.3) is 6.01 Å². The predicted molar refractivity (Wildman–Crippen MR) is 145 cm³/mol. The van der Waals surface area contributed by atoms with Crippen LogP contribution < -0.4 is 9.64 Å². The molecule has 1 aliphatic rings. The molecule has 5 rings (SSSR count). The molecule has 4 aromatic rings. The fourth-order valence-electron chi connectivity index (χ4n) is 5.04. The molecule has 198 valence electrons. The Bertz CT molecular complexity index is 1350. The molecule has 1 fully saturated rings. The molecule has 0 radical (unpaired) electrons. The number of carbonyl (C=O) groups excluding carboxylic acids is 1. The van der Waals surface area contributed by atoms with Crippen molar-refractivity contribution < 1.29 is 23.8 Å². The van der Waals surface area contributed by atoms with E-state index in [-0.39, 0.29) is 11.7 Å². The van der Waals surface area contributed by atoms with Crippen molar-refractivity contribution >= 4 is 28.9 Å². The Labute approximate surface area is 221 Å². The fraction of sp³-hybridized carbons (Fsp3) is 0.367. The van der Waals surface area contributed by atoms with Gasteiger partial charge >= 0.3 is 5.97 Å². The molecule has 1 aliphatic carbocycles. The first kappa shape index (κ1) is 25.6. The van der Waals surface area contributed by atoms with Crippen LogP contribution in [0.2, 0.25) is 0 Å². The largest absolute Gasteiger partial charge is 0.492 e. The Morgan fingerprint density at radius 3 is 2.61 bits per heavy atom. The first-order chi connectivity index (χ1) is 18.5. The SMILES string of the molecule is CN(CCOc1ccc(CC(C(=O)O)n2ccc(C(=O)C3CCCCC3)c2)cc1)c1nc2ccccc2o1. The van der Waals surface area contributed by atoms with Gasteiger partial charge in [-0.15, -0.1) is 0 Å². The quantitative estimate of drug-likeness (QED) is 0.253. The number of hydrogen-bond donors (Lipinski definition) is 1. The average Bonchev–Trinajstić information content (AvgIpc) is 3.60. The van der Waals surface area contributed by atoms with Crippen molar-refractivity contribution in [2.45, 2.75) is 44.6 Å². The molecule has 1 unspecified atom stereocenters. The summed E-state index contributed by atoms with van der Waals surface area (Å²) in [5, 5.41) is 9.90. The van der Waals surface area contributed by atoms with E-state index in [0.717, 1.165) is 42.3 Å². The van der Waals surface area contributed by atoms with E-state index in [4.69, 9.17) is 9.15 Å². The van der Waals surface area contributed by atoms with Gasteiger partial charge in [-0.3, -0.25) is 4.79 Å². The number of ketones is 1. The van der Waals surface area contributed by atoms with Crippen LogP contribution in [0.3, 0.4) is 0 Å². The highest BCUT2D eigenvalue weighted by atomic mass is 16.5. The summed E-state index contributed by atoms with van der Waals surface area (Å²) in [6.07, 6.45) is 8.92. The molecule has 0 bridgehead atoms. The monoisotopic (exact) mass is 515 g/mol. The zero-order valence-corrected chi connectivity index (χ0v) is 21.6. The highest BCUT2D eigenvalue weighted by molar-refractivity contribution is 5.97. The molecule has 0 saturated heterocycles. The third-order valence-electron chi connectivity index (χ3n) is 7.28. The Morgan fingerprint density at radius 1 is 1.11 bits per heavy atom. The zero-order chi connectivity index (χ0) is 26.5. The number of carbonyl (C=O) groups is 2. The lowest BCUT2D eigenvalue weighted by molar-refractivity contribution is -0.140. The summed E-state index contributed by atoms with van der Waals surface area (Å²) < 4.78 is 13.3. The maximum Gasteiger partial charge on any atom is 0.327 e. The summed E-state index contributed by atoms with van der Waals surface area (Å²) in [5.41, 5.74) is 3.05. The molecule has 2 aromatic heterocycles. The van der Waals surface area contributed by atoms with Crippen LogP contribution in [0.15, 0.2) is 71.4 Å². The maximum absolute atomic E-state index is 12.9. The first-order valence-corrected chi connectivity index (χ1v) is 13.2. The van der Waals surface area contributed by atoms with Gasteiger partial charge in [0.15, 0.2) is 11.4 Å². The Hall–Kier alpha value is -4.07. The minimum atomic E-state index is -0.931. The molecular formula is C30H33N3O5. The number of benzene rings is 2. The topological polar surface area (TPSA) is 97.8 Å². The van der Waals surface area contributed by atoms with Gasteiger partial charge < -0.3 is 23.7 Å². The van der Waals surface area contributed by atoms with Gasteiger partial charge in [-0.1, -0.05) is 43.5 Å². The van der Waals surface area contributed by atoms with Crippen molar-refractivity contribution in [2.75, 3.05) is 25.1 Å². The minimum Gasteiger partial charge on any atom is -0.492 e. The normalized spacial score (nSPS) is 14.9. The second-order valence-electron chi connectivity index (χ2n) is 9.98. The molecular weight excluding hydrogens is 482 g/mol. The van der Waals surface area contributed by atoms with Gasteiger partial charge in [-0.2, -0.15) is 4.98 Å². The number of carboxylic acid groups (broad SMARTS) is 1. The molecule has 38 heavy (non-hydrogen) atoms. The Balaban J connectivity index is 1.15. The average molecular weight is 516 g/mol. The maximum atomic E-state index is 12.9. The molecule has 1 atom stereocenters. The van der Waals surface area contributed by atoms with Gasteiger partial charge in [0.2, 0.25) is 0 Å². The number of hydrogen-bond acceptors (Lipinski definition) is 6. The lowest BCUT2D eigenvalue weighted by Crippen LogP contribution is -2.24. The second-order valence-corrected chi connectivity index (χ2v) is 9.98. The van der Waals surface area contributed by atoms with Crippen molar-refractivity contribution in [2.24, 2.45) is 5.92 Å². The second kappa shape index (κ2) is 11.5. The summed E-state index contributed by atoms with van der Waals surface area (Å²) in [4.78, 5) is 31.3. The molecule has 1 saturated carbocycles. The molecule has 2 heterocycles. The van der Waals surface area contributed by atoms with Gasteiger partial charge in [0, 0.05) is 37.3 Å². The number of aromatic nitrogens is 2. The van der Waals surface area contributed by atoms with E-state index in [1.165, 1.54) is 6.42 Å². The fourth-order valence-corrected chi connectivity index (χ4v) is 5.04. The number of fused-ring (bicyclic) bond motifs is 1. The predicted octanol–water partition coefficient (Wildman–Crippen LogP) is 5.78. The van der Waals surface area contributed by atoms with E-state index >= 15 is 0 Å². The van der Waals surface area contributed by atoms with Crippen molar-refractivity contribution in [3.63, 3.8) is 0 Å². The van der Waals surface area contributed by atoms with E-state index in [9.17, 15) is 14.7 Å². The van der Waals surface area contributed by atoms with Crippen LogP contribution in [0.4, 0.5) is 6.01 Å². The number of ether oxygens (including phenoxy) is 1. The number of carboxylic acids is 1. The summed E-state index contributed by atoms with van der Waals surface area (Å²) in [6, 6.07) is 16.6. The number of oxazole rings is 1. The summed E-state index contributed by atoms with van der Waals surface area (Å²) in [6.45, 7) is 1.03. The van der Waals surface area contributed by atoms with E-state index in [2.05, 4.69) is 4.98 Å². The summed E-state index contributed by atoms with van der Waals surface area (Å²) >= 11 is 0. The molecule has 8 heteroatoms. The van der Waals surface area contributed by atoms with Crippen molar-refractivity contribution in [3.8, 4) is 5.75 Å². The molecule has 2 aromatic carbocycles. The lowest BCUT2D eigenvalue weighted by atomic mass is 9.84. The number of aliphatic carboxylic acids is 1. The molecule has 0 amide bonds. The van der Waals surface area contributed by atoms with Crippen LogP contribution in [-0.2, 0) is 11.2 Å². The number of rotatable bonds is 11. The Morgan fingerprint density at radius 2 is 1.87 bits per heavy atom. The number of anilines is 1. The van der Waals surface area contributed by atoms with Crippen LogP contribution in [0.1, 0.15) is 54.1 Å². The lowest BCUT2D eigenvalue weighted by Gasteiger charge is -2.19. The van der Waals surface area contributed by atoms with Crippen molar-refractivity contribution in [3.05, 3.63) is 78.1 Å². The van der Waals surface area contributed by atoms with Gasteiger partial charge in [0.1, 0.15) is 23.9 Å². The third-order valence-corrected chi connectivity index (χ3v) is 7.28. The number of likely N-dealkylation sites (N-methyl/N-ethyl adjacent to an activating group) is 1. The molecule has 1 N–H and O–H groups in total. The van der Waals surface area contributed by atoms with Crippen LogP contribution in [-0.4, -0.2) is 46.6 Å². The molecule has 8 nitrogen and oxygen atoms in total. The molecule has 0 spiro atoms. The highest BCUT2D eigenvalue weighted by Gasteiger charge is 2.25. The smallest absolute Gasteiger partial charge is 0.327 e. The minimum absolute atomic E-state index is 0.0604. The van der Waals surface area contributed by atoms with Crippen molar-refractivity contribution in [1.29, 1.82) is 0 Å². The zero-order valence-electron chi connectivity index (χ0n) is 21.6. The van der Waals surface area contributed by atoms with Crippen LogP contribution in [0, 0.1) is 5.92 Å². The van der Waals surface area contributed by atoms with E-state index in [0.29, 0.717) is 36.9 Å². The first-order valence-electron chi connectivity index (χ1n) is 13.2. The van der Waals surface area contributed by atoms with Crippen LogP contribution in [0.5, 0.6) is 5.75 Å². The molecule has 0 aliphatic heterocycles. The number of Topliss-reactive ketones (excluding diaryl/α,β-unsaturated/α-hetero) is 1. The highest BCUT2D eigenvalue weighted by Crippen LogP contribution is 2.28. The van der Waals surface area contributed by atoms with Crippen LogP contribution >= 0.6 is 0 Å².